The molecule has 0 aliphatic heterocycles. The van der Waals surface area contributed by atoms with Gasteiger partial charge in [0, 0.05) is 24.5 Å². The van der Waals surface area contributed by atoms with E-state index in [1.54, 1.807) is 19.4 Å². The molecule has 1 aromatic heterocycles. The van der Waals surface area contributed by atoms with Crippen LogP contribution in [0.2, 0.25) is 0 Å². The van der Waals surface area contributed by atoms with Crippen molar-refractivity contribution in [2.75, 3.05) is 7.11 Å². The van der Waals surface area contributed by atoms with Gasteiger partial charge in [-0.05, 0) is 12.5 Å². The summed E-state index contributed by atoms with van der Waals surface area (Å²) in [6, 6.07) is 5.62. The van der Waals surface area contributed by atoms with E-state index in [2.05, 4.69) is 22.2 Å². The van der Waals surface area contributed by atoms with Crippen molar-refractivity contribution in [3.63, 3.8) is 0 Å². The van der Waals surface area contributed by atoms with Crippen molar-refractivity contribution in [1.82, 2.24) is 15.3 Å². The number of methoxy groups -OCH3 is 1. The molecule has 2 aromatic rings. The van der Waals surface area contributed by atoms with Gasteiger partial charge in [0.1, 0.15) is 5.82 Å². The molecule has 0 fully saturated rings. The molecule has 0 saturated heterocycles. The summed E-state index contributed by atoms with van der Waals surface area (Å²) >= 11 is 0. The molecule has 19 heavy (non-hydrogen) atoms. The number of H-pyrrole nitrogens is 1. The quantitative estimate of drug-likeness (QED) is 0.746. The molecule has 102 valence electrons. The van der Waals surface area contributed by atoms with E-state index in [1.165, 1.54) is 0 Å². The average molecular weight is 261 g/mol. The maximum Gasteiger partial charge on any atom is 0.162 e. The average Bonchev–Trinajstić information content (AvgIpc) is 2.95. The van der Waals surface area contributed by atoms with Gasteiger partial charge in [0.05, 0.1) is 13.2 Å². The molecule has 0 saturated carbocycles. The van der Waals surface area contributed by atoms with Gasteiger partial charge in [0.2, 0.25) is 0 Å². The second kappa shape index (κ2) is 6.24. The topological polar surface area (TPSA) is 70.2 Å². The first kappa shape index (κ1) is 13.4. The van der Waals surface area contributed by atoms with Crippen LogP contribution >= 0.6 is 0 Å². The van der Waals surface area contributed by atoms with Gasteiger partial charge in [-0.2, -0.15) is 0 Å². The first-order valence-electron chi connectivity index (χ1n) is 6.33. The molecule has 0 bridgehead atoms. The van der Waals surface area contributed by atoms with Crippen LogP contribution in [0.25, 0.3) is 0 Å². The molecule has 2 rings (SSSR count). The molecular weight excluding hydrogens is 242 g/mol. The molecule has 0 aliphatic rings. The first-order chi connectivity index (χ1) is 9.26. The molecule has 0 radical (unpaired) electrons. The van der Waals surface area contributed by atoms with E-state index in [-0.39, 0.29) is 11.8 Å². The van der Waals surface area contributed by atoms with Gasteiger partial charge >= 0.3 is 0 Å². The number of imidazole rings is 1. The lowest BCUT2D eigenvalue weighted by Gasteiger charge is -2.16. The Morgan fingerprint density at radius 3 is 2.95 bits per heavy atom. The molecule has 1 atom stereocenters. The highest BCUT2D eigenvalue weighted by Crippen LogP contribution is 2.29. The summed E-state index contributed by atoms with van der Waals surface area (Å²) in [6.45, 7) is 2.65. The number of ether oxygens (including phenoxy) is 1. The van der Waals surface area contributed by atoms with Gasteiger partial charge in [0.15, 0.2) is 11.5 Å². The number of nitrogens with zero attached hydrogens (tertiary/aromatic N) is 1. The Morgan fingerprint density at radius 1 is 1.47 bits per heavy atom. The number of benzene rings is 1. The highest BCUT2D eigenvalue weighted by Gasteiger charge is 2.13. The van der Waals surface area contributed by atoms with Gasteiger partial charge in [-0.25, -0.2) is 4.98 Å². The van der Waals surface area contributed by atoms with Crippen LogP contribution in [-0.2, 0) is 6.54 Å². The minimum absolute atomic E-state index is 0.139. The predicted molar refractivity (Wildman–Crippen MR) is 73.1 cm³/mol. The van der Waals surface area contributed by atoms with Crippen LogP contribution in [-0.4, -0.2) is 22.2 Å². The Kier molecular flexibility index (Phi) is 4.41. The van der Waals surface area contributed by atoms with Crippen LogP contribution in [0.1, 0.15) is 30.8 Å². The zero-order valence-corrected chi connectivity index (χ0v) is 11.2. The first-order valence-corrected chi connectivity index (χ1v) is 6.33. The van der Waals surface area contributed by atoms with Gasteiger partial charge < -0.3 is 20.1 Å². The van der Waals surface area contributed by atoms with Crippen LogP contribution in [0, 0.1) is 0 Å². The normalized spacial score (nSPS) is 12.3. The van der Waals surface area contributed by atoms with E-state index in [0.717, 1.165) is 17.8 Å². The summed E-state index contributed by atoms with van der Waals surface area (Å²) in [5.41, 5.74) is 0.810. The number of aromatic amines is 1. The molecule has 3 N–H and O–H groups in total. The molecule has 0 aliphatic carbocycles. The van der Waals surface area contributed by atoms with Crippen LogP contribution < -0.4 is 10.1 Å². The van der Waals surface area contributed by atoms with E-state index >= 15 is 0 Å². The van der Waals surface area contributed by atoms with Crippen LogP contribution in [0.4, 0.5) is 0 Å². The SMILES string of the molecule is CCC(NCc1cccc(OC)c1O)c1ncc[nH]1. The number of rotatable bonds is 6. The number of aromatic nitrogens is 2. The highest BCUT2D eigenvalue weighted by atomic mass is 16.5. The van der Waals surface area contributed by atoms with E-state index < -0.39 is 0 Å². The zero-order valence-electron chi connectivity index (χ0n) is 11.2. The Hall–Kier alpha value is -2.01. The van der Waals surface area contributed by atoms with Gasteiger partial charge in [-0.3, -0.25) is 0 Å². The highest BCUT2D eigenvalue weighted by molar-refractivity contribution is 5.45. The fourth-order valence-electron chi connectivity index (χ4n) is 2.01. The minimum Gasteiger partial charge on any atom is -0.504 e. The van der Waals surface area contributed by atoms with Gasteiger partial charge in [0.25, 0.3) is 0 Å². The molecule has 0 amide bonds. The third-order valence-electron chi connectivity index (χ3n) is 3.10. The molecule has 1 heterocycles. The summed E-state index contributed by atoms with van der Waals surface area (Å²) in [7, 11) is 1.55. The van der Waals surface area contributed by atoms with Crippen molar-refractivity contribution in [3.8, 4) is 11.5 Å². The van der Waals surface area contributed by atoms with Crippen LogP contribution in [0.15, 0.2) is 30.6 Å². The third-order valence-corrected chi connectivity index (χ3v) is 3.10. The van der Waals surface area contributed by atoms with E-state index in [9.17, 15) is 5.11 Å². The largest absolute Gasteiger partial charge is 0.504 e. The smallest absolute Gasteiger partial charge is 0.162 e. The van der Waals surface area contributed by atoms with Crippen molar-refractivity contribution in [2.45, 2.75) is 25.9 Å². The molecule has 5 heteroatoms. The van der Waals surface area contributed by atoms with Crippen molar-refractivity contribution < 1.29 is 9.84 Å². The number of aromatic hydroxyl groups is 1. The molecule has 5 nitrogen and oxygen atoms in total. The monoisotopic (exact) mass is 261 g/mol. The Labute approximate surface area is 112 Å². The van der Waals surface area contributed by atoms with E-state index in [0.29, 0.717) is 12.3 Å². The number of hydrogen-bond donors (Lipinski definition) is 3. The maximum atomic E-state index is 10.0. The van der Waals surface area contributed by atoms with Crippen molar-refractivity contribution in [3.05, 3.63) is 42.0 Å². The number of nitrogens with one attached hydrogen (secondary N) is 2. The van der Waals surface area contributed by atoms with Gasteiger partial charge in [-0.15, -0.1) is 0 Å². The lowest BCUT2D eigenvalue weighted by Crippen LogP contribution is -2.21. The number of phenolic OH excluding ortho intramolecular Hbond substituents is 1. The predicted octanol–water partition coefficient (Wildman–Crippen LogP) is 2.36. The fourth-order valence-corrected chi connectivity index (χ4v) is 2.01. The molecule has 1 aromatic carbocycles. The van der Waals surface area contributed by atoms with Crippen molar-refractivity contribution in [1.29, 1.82) is 0 Å². The Bertz CT molecular complexity index is 511. The zero-order chi connectivity index (χ0) is 13.7. The maximum absolute atomic E-state index is 10.0. The Morgan fingerprint density at radius 2 is 2.32 bits per heavy atom. The lowest BCUT2D eigenvalue weighted by molar-refractivity contribution is 0.368. The lowest BCUT2D eigenvalue weighted by atomic mass is 10.1. The summed E-state index contributed by atoms with van der Waals surface area (Å²) in [5, 5.41) is 13.4. The standard InChI is InChI=1S/C14H19N3O2/c1-3-11(14-15-7-8-16-14)17-9-10-5-4-6-12(19-2)13(10)18/h4-8,11,17-18H,3,9H2,1-2H3,(H,15,16). The Balaban J connectivity index is 2.06. The molecular formula is C14H19N3O2. The van der Waals surface area contributed by atoms with Crippen LogP contribution in [0.5, 0.6) is 11.5 Å². The summed E-state index contributed by atoms with van der Waals surface area (Å²) in [4.78, 5) is 7.35. The van der Waals surface area contributed by atoms with Crippen LogP contribution in [0.3, 0.4) is 0 Å². The van der Waals surface area contributed by atoms with Crippen molar-refractivity contribution >= 4 is 0 Å². The number of phenols is 1. The minimum atomic E-state index is 0.139. The summed E-state index contributed by atoms with van der Waals surface area (Å²) in [6.07, 6.45) is 4.46. The second-order valence-electron chi connectivity index (χ2n) is 4.28. The summed E-state index contributed by atoms with van der Waals surface area (Å²) in [5.74, 6) is 1.59. The van der Waals surface area contributed by atoms with E-state index in [4.69, 9.17) is 4.74 Å². The fraction of sp³-hybridized carbons (Fsp3) is 0.357. The molecule has 0 spiro atoms. The number of hydrogen-bond acceptors (Lipinski definition) is 4. The van der Waals surface area contributed by atoms with Gasteiger partial charge in [-0.1, -0.05) is 19.1 Å². The third kappa shape index (κ3) is 3.06. The summed E-state index contributed by atoms with van der Waals surface area (Å²) < 4.78 is 5.09. The van der Waals surface area contributed by atoms with Crippen molar-refractivity contribution in [2.24, 2.45) is 0 Å². The second-order valence-corrected chi connectivity index (χ2v) is 4.28. The number of para-hydroxylation sites is 1. The van der Waals surface area contributed by atoms with E-state index in [1.807, 2.05) is 18.3 Å². The molecule has 1 unspecified atom stereocenters.